The number of aliphatic carboxylic acids is 1. The van der Waals surface area contributed by atoms with Crippen molar-refractivity contribution in [3.05, 3.63) is 176 Å². The average molecular weight is 937 g/mol. The predicted octanol–water partition coefficient (Wildman–Crippen LogP) is 6.31. The number of hydrogen-bond donors (Lipinski definition) is 6. The maximum atomic E-state index is 14.5. The van der Waals surface area contributed by atoms with Gasteiger partial charge in [-0.05, 0) is 100.0 Å². The number of ether oxygens (including phenoxy) is 2. The van der Waals surface area contributed by atoms with Gasteiger partial charge in [0.2, 0.25) is 15.9 Å². The number of nitrogens with zero attached hydrogens (tertiary/aromatic N) is 2. The smallest absolute Gasteiger partial charge is 0.326 e. The third-order valence-electron chi connectivity index (χ3n) is 11.2. The number of carboxylic acid groups (broad SMARTS) is 1. The monoisotopic (exact) mass is 935 g/mol. The predicted molar refractivity (Wildman–Crippen MR) is 239 cm³/mol. The largest absolute Gasteiger partial charge is 0.595 e. The molecular weight excluding hydrogens is 898 g/mol. The van der Waals surface area contributed by atoms with E-state index in [2.05, 4.69) is 16.7 Å². The first-order chi connectivity index (χ1) is 31.2. The Bertz CT molecular complexity index is 2910. The summed E-state index contributed by atoms with van der Waals surface area (Å²) in [5, 5.41) is 57.3. The molecule has 6 aromatic carbocycles. The van der Waals surface area contributed by atoms with Gasteiger partial charge in [-0.1, -0.05) is 83.9 Å². The maximum Gasteiger partial charge on any atom is 0.326 e. The van der Waals surface area contributed by atoms with E-state index in [1.165, 1.54) is 18.2 Å². The Morgan fingerprint density at radius 3 is 2.28 bits per heavy atom. The van der Waals surface area contributed by atoms with Crippen LogP contribution in [0, 0.1) is 16.5 Å². The molecule has 2 aliphatic heterocycles. The molecule has 2 aliphatic rings. The molecule has 5 atom stereocenters. The number of carbonyl (C=O) groups is 2. The fraction of sp³-hybridized carbons (Fsp3) is 0.170. The van der Waals surface area contributed by atoms with E-state index in [1.807, 2.05) is 0 Å². The molecule has 15 nitrogen and oxygen atoms in total. The minimum absolute atomic E-state index is 0.131. The van der Waals surface area contributed by atoms with Gasteiger partial charge in [-0.15, -0.1) is 0 Å². The second-order valence-corrected chi connectivity index (χ2v) is 18.1. The number of benzene rings is 6. The minimum atomic E-state index is -4.60. The second kappa shape index (κ2) is 18.9. The van der Waals surface area contributed by atoms with Crippen molar-refractivity contribution in [3.8, 4) is 28.7 Å². The number of halogens is 2. The van der Waals surface area contributed by atoms with E-state index in [9.17, 15) is 38.6 Å². The summed E-state index contributed by atoms with van der Waals surface area (Å²) in [5.41, 5.74) is 5.27. The topological polar surface area (TPSA) is 226 Å². The summed E-state index contributed by atoms with van der Waals surface area (Å²) in [5.74, 6) is -1.39. The van der Waals surface area contributed by atoms with Crippen LogP contribution in [-0.4, -0.2) is 58.3 Å². The Labute approximate surface area is 383 Å². The van der Waals surface area contributed by atoms with Crippen molar-refractivity contribution in [1.29, 1.82) is 5.26 Å². The molecule has 6 N–H and O–H groups in total. The quantitative estimate of drug-likeness (QED) is 0.0702. The van der Waals surface area contributed by atoms with E-state index in [-0.39, 0.29) is 36.6 Å². The Balaban J connectivity index is 1.04. The number of aliphatic hydroxyl groups excluding tert-OH is 1. The van der Waals surface area contributed by atoms with Crippen molar-refractivity contribution >= 4 is 56.5 Å². The number of anilines is 1. The first-order valence-corrected chi connectivity index (χ1v) is 22.3. The normalized spacial score (nSPS) is 17.8. The molecule has 8 rings (SSSR count). The Morgan fingerprint density at radius 1 is 0.923 bits per heavy atom. The number of nitrogens with one attached hydrogen (secondary N) is 3. The number of rotatable bonds is 13. The van der Waals surface area contributed by atoms with Gasteiger partial charge in [-0.2, -0.15) is 14.8 Å². The molecule has 65 heavy (non-hydrogen) atoms. The van der Waals surface area contributed by atoms with Crippen LogP contribution in [0.5, 0.6) is 11.5 Å². The van der Waals surface area contributed by atoms with Crippen LogP contribution in [0.1, 0.15) is 39.5 Å². The second-order valence-electron chi connectivity index (χ2n) is 15.4. The molecule has 332 valence electrons. The van der Waals surface area contributed by atoms with Gasteiger partial charge in [0.25, 0.3) is 0 Å². The van der Waals surface area contributed by atoms with Gasteiger partial charge in [0.15, 0.2) is 18.0 Å². The minimum Gasteiger partial charge on any atom is -0.595 e. The zero-order valence-electron chi connectivity index (χ0n) is 34.0. The van der Waals surface area contributed by atoms with Gasteiger partial charge in [-0.25, -0.2) is 18.4 Å². The lowest BCUT2D eigenvalue weighted by Crippen LogP contribution is -2.99. The summed E-state index contributed by atoms with van der Waals surface area (Å²) >= 11 is 12.2. The molecule has 0 spiro atoms. The molecule has 0 aromatic heterocycles. The molecule has 6 aromatic rings. The average Bonchev–Trinajstić information content (AvgIpc) is 3.31. The summed E-state index contributed by atoms with van der Waals surface area (Å²) < 4.78 is 42.1. The highest BCUT2D eigenvalue weighted by Gasteiger charge is 2.42. The summed E-state index contributed by atoms with van der Waals surface area (Å²) in [6.45, 7) is -0.132. The maximum absolute atomic E-state index is 14.5. The van der Waals surface area contributed by atoms with Crippen molar-refractivity contribution < 1.29 is 48.1 Å². The van der Waals surface area contributed by atoms with E-state index >= 15 is 0 Å². The van der Waals surface area contributed by atoms with Gasteiger partial charge >= 0.3 is 5.97 Å². The van der Waals surface area contributed by atoms with E-state index in [1.54, 1.807) is 103 Å². The number of nitriles is 1. The van der Waals surface area contributed by atoms with E-state index in [0.29, 0.717) is 55.0 Å². The standard InChI is InChI=1S/C47H39Cl2N5O10S/c48-38-17-8-29(18-39(38)49)26-63-36-15-13-32(14-16-36)44-46(56)51-40-20-33-21-42(53(25-34(33)22-43(40)64-44)65(61,62)37-3-1-2-35(23-37)54(59)60)45(55)52-41(47(57)58)19-27-4-9-30(10-5-27)31-11-6-28(24-50)7-12-31/h1-18,20,22-23,41-42,44,46,51,54,56,59H,19,21,25-26H2,(H,52,55)(H,57,58)/t41-,42-,44?,46?/m0/s1. The van der Waals surface area contributed by atoms with E-state index in [0.717, 1.165) is 27.1 Å². The van der Waals surface area contributed by atoms with Gasteiger partial charge in [0.1, 0.15) is 30.2 Å². The molecule has 18 heteroatoms. The molecule has 0 radical (unpaired) electrons. The highest BCUT2D eigenvalue weighted by Crippen LogP contribution is 2.42. The zero-order chi connectivity index (χ0) is 46.0. The molecule has 0 saturated carbocycles. The van der Waals surface area contributed by atoms with Gasteiger partial charge in [-0.3, -0.25) is 4.79 Å². The fourth-order valence-electron chi connectivity index (χ4n) is 7.71. The molecule has 0 saturated heterocycles. The molecule has 3 unspecified atom stereocenters. The number of fused-ring (bicyclic) bond motifs is 2. The zero-order valence-corrected chi connectivity index (χ0v) is 36.3. The summed E-state index contributed by atoms with van der Waals surface area (Å²) in [6.07, 6.45) is -2.46. The summed E-state index contributed by atoms with van der Waals surface area (Å²) in [6, 6.07) is 33.3. The van der Waals surface area contributed by atoms with Crippen LogP contribution in [0.4, 0.5) is 11.4 Å². The highest BCUT2D eigenvalue weighted by atomic mass is 35.5. The first kappa shape index (κ1) is 45.1. The number of sulfonamides is 1. The van der Waals surface area contributed by atoms with E-state index in [4.69, 9.17) is 37.9 Å². The number of carboxylic acids is 1. The molecule has 0 bridgehead atoms. The van der Waals surface area contributed by atoms with Crippen molar-refractivity contribution in [2.24, 2.45) is 0 Å². The summed E-state index contributed by atoms with van der Waals surface area (Å²) in [7, 11) is -4.60. The van der Waals surface area contributed by atoms with Crippen LogP contribution in [0.3, 0.4) is 0 Å². The van der Waals surface area contributed by atoms with Crippen molar-refractivity contribution in [2.75, 3.05) is 5.32 Å². The van der Waals surface area contributed by atoms with Crippen LogP contribution in [-0.2, 0) is 45.6 Å². The molecule has 0 aliphatic carbocycles. The number of quaternary nitrogens is 1. The molecular formula is C47H39Cl2N5O10S. The van der Waals surface area contributed by atoms with Crippen molar-refractivity contribution in [3.63, 3.8) is 0 Å². The Kier molecular flexibility index (Phi) is 13.1. The van der Waals surface area contributed by atoms with Crippen LogP contribution in [0.15, 0.2) is 132 Å². The lowest BCUT2D eigenvalue weighted by atomic mass is 9.93. The van der Waals surface area contributed by atoms with Crippen LogP contribution in [0.25, 0.3) is 11.1 Å². The van der Waals surface area contributed by atoms with Gasteiger partial charge in [0, 0.05) is 25.1 Å². The number of hydrogen-bond acceptors (Lipinski definition) is 11. The lowest BCUT2D eigenvalue weighted by Gasteiger charge is -2.38. The van der Waals surface area contributed by atoms with Crippen LogP contribution >= 0.6 is 23.2 Å². The Morgan fingerprint density at radius 2 is 1.62 bits per heavy atom. The van der Waals surface area contributed by atoms with Crippen molar-refractivity contribution in [2.45, 2.75) is 55.3 Å². The van der Waals surface area contributed by atoms with Crippen LogP contribution < -0.4 is 25.3 Å². The SMILES string of the molecule is N#Cc1ccc(-c2ccc(C[C@H](NC(=O)[C@@H]3Cc4cc5c(cc4CN3S(=O)(=O)c3cccc([NH+]([O-])O)c3)OC(c3ccc(OCc4ccc(Cl)c(Cl)c4)cc3)C(O)N5)C(=O)O)cc2)cc1. The lowest BCUT2D eigenvalue weighted by molar-refractivity contribution is -0.991. The third-order valence-corrected chi connectivity index (χ3v) is 13.8. The van der Waals surface area contributed by atoms with E-state index < -0.39 is 51.5 Å². The molecule has 1 amide bonds. The highest BCUT2D eigenvalue weighted by molar-refractivity contribution is 7.89. The fourth-order valence-corrected chi connectivity index (χ4v) is 9.65. The Hall–Kier alpha value is -6.52. The van der Waals surface area contributed by atoms with Crippen LogP contribution in [0.2, 0.25) is 10.0 Å². The van der Waals surface area contributed by atoms with Crippen molar-refractivity contribution in [1.82, 2.24) is 9.62 Å². The third kappa shape index (κ3) is 9.93. The number of aliphatic hydroxyl groups is 1. The number of amides is 1. The van der Waals surface area contributed by atoms with Gasteiger partial charge < -0.3 is 35.5 Å². The first-order valence-electron chi connectivity index (χ1n) is 20.1. The molecule has 2 heterocycles. The number of carbonyl (C=O) groups excluding carboxylic acids is 1. The summed E-state index contributed by atoms with van der Waals surface area (Å²) in [4.78, 5) is 26.5. The van der Waals surface area contributed by atoms with Gasteiger partial charge in [0.05, 0.1) is 32.3 Å². The molecule has 0 fully saturated rings.